The molecule has 2 amide bonds. The van der Waals surface area contributed by atoms with Crippen molar-refractivity contribution >= 4 is 35.3 Å². The van der Waals surface area contributed by atoms with Gasteiger partial charge in [0.05, 0.1) is 6.67 Å². The lowest BCUT2D eigenvalue weighted by Crippen LogP contribution is -2.40. The second-order valence-electron chi connectivity index (χ2n) is 20.0. The molecule has 0 radical (unpaired) electrons. The van der Waals surface area contributed by atoms with Crippen LogP contribution >= 0.6 is 0 Å². The fraction of sp³-hybridized carbons (Fsp3) is 0.455. The molecule has 16 nitrogen and oxygen atoms in total. The maximum absolute atomic E-state index is 12.7. The third kappa shape index (κ3) is 17.6. The number of ether oxygens (including phenoxy) is 1. The Morgan fingerprint density at radius 3 is 1.13 bits per heavy atom. The van der Waals surface area contributed by atoms with Crippen LogP contribution in [-0.4, -0.2) is 134 Å². The molecule has 0 aliphatic rings. The van der Waals surface area contributed by atoms with Gasteiger partial charge in [0.2, 0.25) is 0 Å². The number of carbonyl (C=O) groups is 6. The molecule has 8 N–H and O–H groups in total. The van der Waals surface area contributed by atoms with Gasteiger partial charge in [0, 0.05) is 66.8 Å². The van der Waals surface area contributed by atoms with E-state index in [-0.39, 0.29) is 31.7 Å². The zero-order valence-electron chi connectivity index (χ0n) is 42.2. The van der Waals surface area contributed by atoms with Crippen molar-refractivity contribution in [1.82, 2.24) is 20.9 Å². The summed E-state index contributed by atoms with van der Waals surface area (Å²) in [6.45, 7) is 13.3. The fourth-order valence-electron chi connectivity index (χ4n) is 7.81. The highest BCUT2D eigenvalue weighted by Gasteiger charge is 2.29. The molecule has 4 rings (SSSR count). The second-order valence-corrected chi connectivity index (χ2v) is 20.0. The Morgan fingerprint density at radius 1 is 0.479 bits per heavy atom. The zero-order chi connectivity index (χ0) is 52.7. The fourth-order valence-corrected chi connectivity index (χ4v) is 7.81. The summed E-state index contributed by atoms with van der Waals surface area (Å²) < 4.78 is 5.37. The van der Waals surface area contributed by atoms with E-state index in [1.165, 1.54) is 60.3 Å². The largest absolute Gasteiger partial charge is 0.465 e. The summed E-state index contributed by atoms with van der Waals surface area (Å²) in [4.78, 5) is 76.6. The van der Waals surface area contributed by atoms with Gasteiger partial charge in [-0.05, 0) is 90.5 Å². The minimum absolute atomic E-state index is 0.0396. The van der Waals surface area contributed by atoms with Gasteiger partial charge in [0.25, 0.3) is 0 Å². The van der Waals surface area contributed by atoms with Crippen molar-refractivity contribution in [2.75, 3.05) is 46.0 Å². The zero-order valence-corrected chi connectivity index (χ0v) is 42.2. The minimum Gasteiger partial charge on any atom is -0.465 e. The summed E-state index contributed by atoms with van der Waals surface area (Å²) in [6.07, 6.45) is 1.05. The predicted octanol–water partition coefficient (Wildman–Crippen LogP) is 6.87. The van der Waals surface area contributed by atoms with Gasteiger partial charge < -0.3 is 40.9 Å². The minimum atomic E-state index is -1.55. The number of nitrogens with one attached hydrogen (secondary N) is 3. The van der Waals surface area contributed by atoms with E-state index in [4.69, 9.17) is 4.74 Å². The summed E-state index contributed by atoms with van der Waals surface area (Å²) in [6, 6.07) is 27.6. The van der Waals surface area contributed by atoms with Crippen LogP contribution in [0.4, 0.5) is 9.59 Å². The average molecular weight is 981 g/mol. The molecule has 0 unspecified atom stereocenters. The van der Waals surface area contributed by atoms with E-state index in [9.17, 15) is 54.3 Å². The number of unbranched alkanes of at least 4 members (excludes halogenated alkanes) is 3. The van der Waals surface area contributed by atoms with Crippen LogP contribution in [0.1, 0.15) is 157 Å². The van der Waals surface area contributed by atoms with Crippen LogP contribution in [0.2, 0.25) is 0 Å². The highest BCUT2D eigenvalue weighted by Crippen LogP contribution is 2.29. The highest BCUT2D eigenvalue weighted by molar-refractivity contribution is 6.03. The number of benzene rings is 4. The topological polar surface area (TPSA) is 252 Å². The van der Waals surface area contributed by atoms with Crippen LogP contribution in [0.5, 0.6) is 0 Å². The van der Waals surface area contributed by atoms with Gasteiger partial charge in [-0.1, -0.05) is 110 Å². The average Bonchev–Trinajstić information content (AvgIpc) is 3.31. The van der Waals surface area contributed by atoms with E-state index in [1.807, 2.05) is 24.3 Å². The van der Waals surface area contributed by atoms with E-state index in [2.05, 4.69) is 16.0 Å². The molecular weight excluding hydrogens is 909 g/mol. The Labute approximate surface area is 416 Å². The van der Waals surface area contributed by atoms with E-state index in [0.717, 1.165) is 35.1 Å². The molecule has 0 aromatic heterocycles. The summed E-state index contributed by atoms with van der Waals surface area (Å²) in [7, 11) is 0. The quantitative estimate of drug-likeness (QED) is 0.0164. The van der Waals surface area contributed by atoms with Gasteiger partial charge in [0.1, 0.15) is 29.0 Å². The number of carboxylic acid groups (broad SMARTS) is 1. The van der Waals surface area contributed by atoms with Gasteiger partial charge in [-0.2, -0.15) is 0 Å². The molecule has 4 aromatic carbocycles. The molecule has 0 aliphatic carbocycles. The van der Waals surface area contributed by atoms with Gasteiger partial charge in [0.15, 0.2) is 23.1 Å². The van der Waals surface area contributed by atoms with Crippen LogP contribution in [-0.2, 0) is 4.74 Å². The van der Waals surface area contributed by atoms with E-state index >= 15 is 0 Å². The van der Waals surface area contributed by atoms with Crippen molar-refractivity contribution in [3.63, 3.8) is 0 Å². The molecule has 0 atom stereocenters. The number of Topliss-reactive ketones (excluding diaryl/α,β-unsaturated/α-hetero) is 4. The number of nitrogens with zero attached hydrogens (tertiary/aromatic N) is 1. The molecule has 0 spiro atoms. The number of aliphatic hydroxyl groups is 4. The highest BCUT2D eigenvalue weighted by atomic mass is 16.5. The SMILES string of the molecule is CC(C)(O)C(=O)c1ccc(C(CNCCOC(=O)NCCCCCCN(CNCC(c2ccc(C(=O)C(C)(C)O)cc2)c2ccc(C(=O)C(C)(C)O)cc2)C(=O)O)c2ccc(C(=O)C(C)(C)O)cc2)cc1. The molecule has 0 saturated carbocycles. The maximum Gasteiger partial charge on any atom is 0.408 e. The number of hydrogen-bond acceptors (Lipinski definition) is 13. The number of hydrogen-bond donors (Lipinski definition) is 8. The first-order valence-corrected chi connectivity index (χ1v) is 24.0. The molecule has 384 valence electrons. The molecular formula is C55H72N4O12. The molecule has 0 aliphatic heterocycles. The lowest BCUT2D eigenvalue weighted by molar-refractivity contribution is 0.0487. The summed E-state index contributed by atoms with van der Waals surface area (Å²) >= 11 is 0. The van der Waals surface area contributed by atoms with Gasteiger partial charge in [-0.3, -0.25) is 29.4 Å². The summed E-state index contributed by atoms with van der Waals surface area (Å²) in [5.74, 6) is -2.20. The third-order valence-electron chi connectivity index (χ3n) is 11.9. The molecule has 0 saturated heterocycles. The van der Waals surface area contributed by atoms with Crippen LogP contribution in [0.25, 0.3) is 0 Å². The van der Waals surface area contributed by atoms with Crippen molar-refractivity contribution in [3.8, 4) is 0 Å². The Kier molecular flexibility index (Phi) is 20.5. The van der Waals surface area contributed by atoms with Gasteiger partial charge in [-0.25, -0.2) is 9.59 Å². The Balaban J connectivity index is 1.22. The van der Waals surface area contributed by atoms with Gasteiger partial charge in [-0.15, -0.1) is 0 Å². The smallest absolute Gasteiger partial charge is 0.408 e. The number of alkyl carbamates (subject to hydrolysis) is 1. The van der Waals surface area contributed by atoms with Crippen LogP contribution < -0.4 is 16.0 Å². The lowest BCUT2D eigenvalue weighted by Gasteiger charge is -2.24. The Morgan fingerprint density at radius 2 is 0.803 bits per heavy atom. The second kappa shape index (κ2) is 25.3. The Bertz CT molecular complexity index is 2270. The normalized spacial score (nSPS) is 12.2. The van der Waals surface area contributed by atoms with E-state index < -0.39 is 57.7 Å². The summed E-state index contributed by atoms with van der Waals surface area (Å²) in [5, 5.41) is 60.2. The monoisotopic (exact) mass is 981 g/mol. The van der Waals surface area contributed by atoms with Crippen molar-refractivity contribution in [3.05, 3.63) is 142 Å². The molecule has 71 heavy (non-hydrogen) atoms. The number of carbonyl (C=O) groups excluding carboxylic acids is 5. The standard InChI is InChI=1S/C55H72N4O12/c1-52(2,67)46(60)40-21-13-36(14-22-40)44(37-15-23-41(24-16-37)47(61)53(3,4)68)33-56-30-32-71-50(64)58-29-11-9-10-12-31-59(51(65)66)35-57-34-45(38-17-25-42(26-18-38)48(62)54(5,6)69)39-19-27-43(28-20-39)49(63)55(7,8)70/h13-28,44-45,56-57,67-70H,9-12,29-35H2,1-8H3,(H,58,64)(H,65,66). The van der Waals surface area contributed by atoms with Crippen LogP contribution in [0.15, 0.2) is 97.1 Å². The van der Waals surface area contributed by atoms with E-state index in [0.29, 0.717) is 61.3 Å². The molecule has 0 heterocycles. The number of rotatable bonds is 28. The van der Waals surface area contributed by atoms with Crippen molar-refractivity contribution in [1.29, 1.82) is 0 Å². The Hall–Kier alpha value is -6.14. The van der Waals surface area contributed by atoms with Gasteiger partial charge >= 0.3 is 12.2 Å². The number of ketones is 4. The lowest BCUT2D eigenvalue weighted by atomic mass is 9.87. The van der Waals surface area contributed by atoms with Crippen molar-refractivity contribution < 1.29 is 59.0 Å². The predicted molar refractivity (Wildman–Crippen MR) is 270 cm³/mol. The third-order valence-corrected chi connectivity index (χ3v) is 11.9. The molecule has 0 bridgehead atoms. The van der Waals surface area contributed by atoms with Crippen molar-refractivity contribution in [2.24, 2.45) is 0 Å². The molecule has 0 fully saturated rings. The van der Waals surface area contributed by atoms with E-state index in [1.54, 1.807) is 72.8 Å². The van der Waals surface area contributed by atoms with Crippen LogP contribution in [0, 0.1) is 0 Å². The summed E-state index contributed by atoms with van der Waals surface area (Å²) in [5.41, 5.74) is -1.35. The molecule has 16 heteroatoms. The first-order valence-electron chi connectivity index (χ1n) is 24.0. The number of amides is 2. The van der Waals surface area contributed by atoms with Crippen molar-refractivity contribution in [2.45, 2.75) is 115 Å². The first-order chi connectivity index (χ1) is 33.2. The first kappa shape index (κ1) is 57.4. The molecule has 4 aromatic rings. The maximum atomic E-state index is 12.7. The van der Waals surface area contributed by atoms with Crippen LogP contribution in [0.3, 0.4) is 0 Å².